The number of hydrogen-bond acceptors (Lipinski definition) is 2. The molecular weight excluding hydrogens is 202 g/mol. The van der Waals surface area contributed by atoms with Gasteiger partial charge in [0.1, 0.15) is 0 Å². The van der Waals surface area contributed by atoms with Gasteiger partial charge < -0.3 is 5.11 Å². The van der Waals surface area contributed by atoms with Gasteiger partial charge >= 0.3 is 5.97 Å². The van der Waals surface area contributed by atoms with Gasteiger partial charge in [0, 0.05) is 12.1 Å². The van der Waals surface area contributed by atoms with Crippen molar-refractivity contribution in [1.82, 2.24) is 4.90 Å². The summed E-state index contributed by atoms with van der Waals surface area (Å²) in [5, 5.41) is 9.12. The minimum absolute atomic E-state index is 0.0955. The summed E-state index contributed by atoms with van der Waals surface area (Å²) in [6, 6.07) is 0.983. The fourth-order valence-electron chi connectivity index (χ4n) is 3.34. The Labute approximate surface area is 97.8 Å². The molecule has 0 radical (unpaired) electrons. The Morgan fingerprint density at radius 1 is 1.19 bits per heavy atom. The molecule has 2 atom stereocenters. The zero-order valence-electron chi connectivity index (χ0n) is 10.2. The van der Waals surface area contributed by atoms with Crippen LogP contribution in [0.25, 0.3) is 0 Å². The molecule has 2 aliphatic carbocycles. The lowest BCUT2D eigenvalue weighted by Gasteiger charge is -2.46. The Morgan fingerprint density at radius 3 is 2.31 bits per heavy atom. The summed E-state index contributed by atoms with van der Waals surface area (Å²) in [5.41, 5.74) is 0. The van der Waals surface area contributed by atoms with Crippen LogP contribution >= 0.6 is 0 Å². The van der Waals surface area contributed by atoms with Crippen molar-refractivity contribution in [3.63, 3.8) is 0 Å². The molecule has 2 saturated carbocycles. The van der Waals surface area contributed by atoms with Crippen molar-refractivity contribution in [2.45, 2.75) is 64.0 Å². The summed E-state index contributed by atoms with van der Waals surface area (Å²) < 4.78 is 0. The first kappa shape index (κ1) is 11.9. The normalized spacial score (nSPS) is 31.4. The third-order valence-electron chi connectivity index (χ3n) is 4.39. The van der Waals surface area contributed by atoms with Crippen molar-refractivity contribution < 1.29 is 9.90 Å². The number of hydrogen-bond donors (Lipinski definition) is 1. The molecule has 0 aromatic rings. The fraction of sp³-hybridized carbons (Fsp3) is 0.923. The molecule has 0 aromatic carbocycles. The van der Waals surface area contributed by atoms with E-state index in [1.807, 2.05) is 0 Å². The molecule has 0 spiro atoms. The van der Waals surface area contributed by atoms with Crippen LogP contribution in [0.5, 0.6) is 0 Å². The smallest absolute Gasteiger partial charge is 0.308 e. The highest BCUT2D eigenvalue weighted by Gasteiger charge is 2.41. The third-order valence-corrected chi connectivity index (χ3v) is 4.39. The van der Waals surface area contributed by atoms with Gasteiger partial charge in [-0.1, -0.05) is 26.2 Å². The van der Waals surface area contributed by atoms with Crippen molar-refractivity contribution in [1.29, 1.82) is 0 Å². The van der Waals surface area contributed by atoms with E-state index in [1.165, 1.54) is 32.1 Å². The first-order valence-corrected chi connectivity index (χ1v) is 6.72. The molecule has 2 fully saturated rings. The van der Waals surface area contributed by atoms with Crippen LogP contribution in [0, 0.1) is 5.92 Å². The van der Waals surface area contributed by atoms with Gasteiger partial charge in [-0.25, -0.2) is 0 Å². The van der Waals surface area contributed by atoms with Gasteiger partial charge in [-0.15, -0.1) is 0 Å². The SMILES string of the molecule is CCN(C1CCCCC1)C1CCC1C(=O)O. The Kier molecular flexibility index (Phi) is 3.85. The van der Waals surface area contributed by atoms with E-state index in [0.717, 1.165) is 19.4 Å². The lowest BCUT2D eigenvalue weighted by Crippen LogP contribution is -2.54. The maximum Gasteiger partial charge on any atom is 0.308 e. The molecular formula is C13H23NO2. The van der Waals surface area contributed by atoms with E-state index in [0.29, 0.717) is 12.1 Å². The van der Waals surface area contributed by atoms with Crippen LogP contribution in [0.3, 0.4) is 0 Å². The Morgan fingerprint density at radius 2 is 1.88 bits per heavy atom. The van der Waals surface area contributed by atoms with E-state index in [9.17, 15) is 4.79 Å². The average molecular weight is 225 g/mol. The highest BCUT2D eigenvalue weighted by atomic mass is 16.4. The molecule has 3 nitrogen and oxygen atoms in total. The Balaban J connectivity index is 1.96. The lowest BCUT2D eigenvalue weighted by atomic mass is 9.77. The van der Waals surface area contributed by atoms with Crippen LogP contribution in [-0.4, -0.2) is 34.6 Å². The Hall–Kier alpha value is -0.570. The minimum Gasteiger partial charge on any atom is -0.481 e. The molecule has 16 heavy (non-hydrogen) atoms. The van der Waals surface area contributed by atoms with Gasteiger partial charge in [0.15, 0.2) is 0 Å². The van der Waals surface area contributed by atoms with Crippen molar-refractivity contribution in [3.8, 4) is 0 Å². The summed E-state index contributed by atoms with van der Waals surface area (Å²) in [6.07, 6.45) is 8.52. The molecule has 3 heteroatoms. The van der Waals surface area contributed by atoms with Gasteiger partial charge in [0.25, 0.3) is 0 Å². The number of rotatable bonds is 4. The molecule has 1 N–H and O–H groups in total. The summed E-state index contributed by atoms with van der Waals surface area (Å²) in [4.78, 5) is 13.5. The zero-order chi connectivity index (χ0) is 11.5. The first-order chi connectivity index (χ1) is 7.74. The van der Waals surface area contributed by atoms with E-state index in [2.05, 4.69) is 11.8 Å². The molecule has 0 bridgehead atoms. The largest absolute Gasteiger partial charge is 0.481 e. The second kappa shape index (κ2) is 5.17. The van der Waals surface area contributed by atoms with Crippen LogP contribution in [0.4, 0.5) is 0 Å². The van der Waals surface area contributed by atoms with Crippen LogP contribution < -0.4 is 0 Å². The molecule has 0 heterocycles. The standard InChI is InChI=1S/C13H23NO2/c1-2-14(10-6-4-3-5-7-10)12-9-8-11(12)13(15)16/h10-12H,2-9H2,1H3,(H,15,16). The third kappa shape index (κ3) is 2.24. The van der Waals surface area contributed by atoms with Gasteiger partial charge in [0.05, 0.1) is 5.92 Å². The van der Waals surface area contributed by atoms with E-state index >= 15 is 0 Å². The van der Waals surface area contributed by atoms with Gasteiger partial charge in [-0.05, 0) is 32.2 Å². The molecule has 2 rings (SSSR count). The topological polar surface area (TPSA) is 40.5 Å². The highest BCUT2D eigenvalue weighted by Crippen LogP contribution is 2.36. The lowest BCUT2D eigenvalue weighted by molar-refractivity contribution is -0.150. The minimum atomic E-state index is -0.592. The molecule has 2 aliphatic rings. The maximum atomic E-state index is 11.1. The molecule has 0 aromatic heterocycles. The van der Waals surface area contributed by atoms with E-state index in [-0.39, 0.29) is 5.92 Å². The average Bonchev–Trinajstić information content (AvgIpc) is 2.24. The number of carboxylic acids is 1. The number of nitrogens with zero attached hydrogens (tertiary/aromatic N) is 1. The predicted octanol–water partition coefficient (Wildman–Crippen LogP) is 2.50. The van der Waals surface area contributed by atoms with Gasteiger partial charge in [-0.2, -0.15) is 0 Å². The van der Waals surface area contributed by atoms with Crippen molar-refractivity contribution >= 4 is 5.97 Å². The quantitative estimate of drug-likeness (QED) is 0.799. The summed E-state index contributed by atoms with van der Waals surface area (Å²) >= 11 is 0. The predicted molar refractivity (Wildman–Crippen MR) is 63.4 cm³/mol. The molecule has 0 aliphatic heterocycles. The number of carboxylic acid groups (broad SMARTS) is 1. The van der Waals surface area contributed by atoms with Crippen LogP contribution in [0.2, 0.25) is 0 Å². The van der Waals surface area contributed by atoms with Gasteiger partial charge in [-0.3, -0.25) is 9.69 Å². The summed E-state index contributed by atoms with van der Waals surface area (Å²) in [5.74, 6) is -0.688. The fourth-order valence-corrected chi connectivity index (χ4v) is 3.34. The monoisotopic (exact) mass is 225 g/mol. The van der Waals surface area contributed by atoms with Crippen molar-refractivity contribution in [3.05, 3.63) is 0 Å². The maximum absolute atomic E-state index is 11.1. The number of carbonyl (C=O) groups is 1. The highest BCUT2D eigenvalue weighted by molar-refractivity contribution is 5.72. The van der Waals surface area contributed by atoms with E-state index < -0.39 is 5.97 Å². The van der Waals surface area contributed by atoms with Crippen LogP contribution in [-0.2, 0) is 4.79 Å². The molecule has 2 unspecified atom stereocenters. The van der Waals surface area contributed by atoms with Crippen molar-refractivity contribution in [2.24, 2.45) is 5.92 Å². The summed E-state index contributed by atoms with van der Waals surface area (Å²) in [7, 11) is 0. The van der Waals surface area contributed by atoms with Gasteiger partial charge in [0.2, 0.25) is 0 Å². The molecule has 0 saturated heterocycles. The van der Waals surface area contributed by atoms with E-state index in [1.54, 1.807) is 0 Å². The second-order valence-electron chi connectivity index (χ2n) is 5.21. The molecule has 0 amide bonds. The van der Waals surface area contributed by atoms with Crippen LogP contribution in [0.1, 0.15) is 51.9 Å². The van der Waals surface area contributed by atoms with E-state index in [4.69, 9.17) is 5.11 Å². The first-order valence-electron chi connectivity index (χ1n) is 6.72. The number of aliphatic carboxylic acids is 1. The second-order valence-corrected chi connectivity index (χ2v) is 5.21. The van der Waals surface area contributed by atoms with Crippen molar-refractivity contribution in [2.75, 3.05) is 6.54 Å². The zero-order valence-corrected chi connectivity index (χ0v) is 10.2. The van der Waals surface area contributed by atoms with Crippen LogP contribution in [0.15, 0.2) is 0 Å². The Bertz CT molecular complexity index is 248. The molecule has 92 valence electrons. The summed E-state index contributed by atoms with van der Waals surface area (Å²) in [6.45, 7) is 3.19.